The Bertz CT molecular complexity index is 2010. The summed E-state index contributed by atoms with van der Waals surface area (Å²) in [5.41, 5.74) is 2.04. The Kier molecular flexibility index (Phi) is 14.3. The van der Waals surface area contributed by atoms with E-state index < -0.39 is 35.5 Å². The van der Waals surface area contributed by atoms with Crippen molar-refractivity contribution < 1.29 is 38.1 Å². The van der Waals surface area contributed by atoms with E-state index in [-0.39, 0.29) is 65.8 Å². The molecular weight excluding hydrogens is 786 g/mol. The molecule has 0 bridgehead atoms. The van der Waals surface area contributed by atoms with Crippen molar-refractivity contribution in [2.45, 2.75) is 25.9 Å². The Labute approximate surface area is 329 Å². The molecule has 2 unspecified atom stereocenters. The van der Waals surface area contributed by atoms with Gasteiger partial charge in [-0.15, -0.1) is 0 Å². The minimum Gasteiger partial charge on any atom is -0.495 e. The van der Waals surface area contributed by atoms with Gasteiger partial charge < -0.3 is 29.6 Å². The second-order valence-electron chi connectivity index (χ2n) is 11.1. The second-order valence-corrected chi connectivity index (χ2v) is 12.8. The van der Waals surface area contributed by atoms with Crippen LogP contribution >= 0.6 is 46.4 Å². The van der Waals surface area contributed by atoms with Gasteiger partial charge in [0.1, 0.15) is 34.4 Å². The predicted molar refractivity (Wildman–Crippen MR) is 206 cm³/mol. The highest BCUT2D eigenvalue weighted by atomic mass is 35.5. The van der Waals surface area contributed by atoms with Crippen molar-refractivity contribution in [2.75, 3.05) is 39.1 Å². The van der Waals surface area contributed by atoms with Crippen LogP contribution in [0.3, 0.4) is 0 Å². The molecule has 4 aromatic carbocycles. The molecule has 2 amide bonds. The quantitative estimate of drug-likeness (QED) is 0.0880. The number of azo groups is 2. The highest BCUT2D eigenvalue weighted by Gasteiger charge is 2.26. The molecule has 2 atom stereocenters. The van der Waals surface area contributed by atoms with E-state index in [1.54, 1.807) is 36.4 Å². The zero-order chi connectivity index (χ0) is 39.7. The van der Waals surface area contributed by atoms with Gasteiger partial charge in [0, 0.05) is 24.3 Å². The van der Waals surface area contributed by atoms with Crippen LogP contribution in [0.4, 0.5) is 22.7 Å². The molecule has 0 aliphatic rings. The third kappa shape index (κ3) is 10.0. The van der Waals surface area contributed by atoms with E-state index in [9.17, 15) is 19.2 Å². The summed E-state index contributed by atoms with van der Waals surface area (Å²) < 4.78 is 21.0. The van der Waals surface area contributed by atoms with Gasteiger partial charge in [-0.05, 0) is 49.2 Å². The van der Waals surface area contributed by atoms with Crippen molar-refractivity contribution in [1.82, 2.24) is 0 Å². The van der Waals surface area contributed by atoms with Crippen LogP contribution in [0.2, 0.25) is 20.1 Å². The SMILES string of the molecule is COc1cc(NC(=O)C(/N=N/c2ccc(-c3ccc(/N=N/C(C(C)=O)C(=O)Nc4cc(OC)c(Cl)cc4OC)c(Cl)c3)cc2Cl)C(C)=O)c(OC)cc1Cl. The maximum atomic E-state index is 13.1. The number of carbonyl (C=O) groups is 4. The topological polar surface area (TPSA) is 179 Å². The molecule has 0 aliphatic heterocycles. The number of benzene rings is 4. The third-order valence-corrected chi connectivity index (χ3v) is 8.72. The van der Waals surface area contributed by atoms with Gasteiger partial charge in [0.05, 0.1) is 59.9 Å². The molecule has 4 aromatic rings. The van der Waals surface area contributed by atoms with Gasteiger partial charge in [0.25, 0.3) is 11.8 Å². The molecule has 0 aromatic heterocycles. The Morgan fingerprint density at radius 2 is 0.870 bits per heavy atom. The number of Topliss-reactive ketones (excluding diaryl/α,β-unsaturated/α-hetero) is 2. The molecule has 14 nitrogen and oxygen atoms in total. The predicted octanol–water partition coefficient (Wildman–Crippen LogP) is 9.36. The normalized spacial score (nSPS) is 12.3. The number of amides is 2. The number of ketones is 2. The average molecular weight is 818 g/mol. The lowest BCUT2D eigenvalue weighted by Gasteiger charge is -2.15. The summed E-state index contributed by atoms with van der Waals surface area (Å²) in [6, 6.07) is 12.4. The maximum Gasteiger partial charge on any atom is 0.258 e. The summed E-state index contributed by atoms with van der Waals surface area (Å²) in [4.78, 5) is 50.9. The first-order chi connectivity index (χ1) is 25.7. The van der Waals surface area contributed by atoms with Crippen LogP contribution in [0.15, 0.2) is 81.1 Å². The molecule has 0 fully saturated rings. The highest BCUT2D eigenvalue weighted by molar-refractivity contribution is 6.34. The van der Waals surface area contributed by atoms with Gasteiger partial charge in [-0.3, -0.25) is 19.2 Å². The molecule has 282 valence electrons. The third-order valence-electron chi connectivity index (χ3n) is 7.52. The molecule has 4 rings (SSSR count). The first-order valence-electron chi connectivity index (χ1n) is 15.6. The molecule has 0 saturated heterocycles. The molecule has 0 radical (unpaired) electrons. The van der Waals surface area contributed by atoms with E-state index in [4.69, 9.17) is 65.4 Å². The molecule has 2 N–H and O–H groups in total. The Morgan fingerprint density at radius 1 is 0.519 bits per heavy atom. The molecule has 0 aliphatic carbocycles. The van der Waals surface area contributed by atoms with Crippen LogP contribution in [0, 0.1) is 0 Å². The number of hydrogen-bond acceptors (Lipinski definition) is 12. The van der Waals surface area contributed by atoms with E-state index in [1.165, 1.54) is 66.6 Å². The summed E-state index contributed by atoms with van der Waals surface area (Å²) in [6.45, 7) is 2.40. The zero-order valence-electron chi connectivity index (χ0n) is 29.5. The Hall–Kier alpha value is -5.28. The standard InChI is InChI=1S/C36H32Cl4N6O8/c1-17(47)33(35(49)41-27-15-29(51-3)23(39)13-31(27)53-5)45-43-25-9-7-19(11-21(25)37)20-8-10-26(22(38)12-20)44-46-34(18(2)48)36(50)42-28-16-30(52-4)24(40)14-32(28)54-6/h7-16,33-34H,1-6H3,(H,41,49)(H,42,50)/b45-43+,46-44+. The fourth-order valence-corrected chi connectivity index (χ4v) is 5.63. The van der Waals surface area contributed by atoms with Gasteiger partial charge in [0.2, 0.25) is 12.1 Å². The first-order valence-corrected chi connectivity index (χ1v) is 17.1. The zero-order valence-corrected chi connectivity index (χ0v) is 32.5. The largest absolute Gasteiger partial charge is 0.495 e. The van der Waals surface area contributed by atoms with Crippen molar-refractivity contribution in [1.29, 1.82) is 0 Å². The monoisotopic (exact) mass is 816 g/mol. The fourth-order valence-electron chi connectivity index (χ4n) is 4.73. The number of halogens is 4. The van der Waals surface area contributed by atoms with Gasteiger partial charge >= 0.3 is 0 Å². The number of methoxy groups -OCH3 is 4. The van der Waals surface area contributed by atoms with Crippen molar-refractivity contribution in [3.8, 4) is 34.1 Å². The van der Waals surface area contributed by atoms with Gasteiger partial charge in [-0.25, -0.2) is 0 Å². The number of ether oxygens (including phenoxy) is 4. The minimum atomic E-state index is -1.51. The van der Waals surface area contributed by atoms with E-state index >= 15 is 0 Å². The maximum absolute atomic E-state index is 13.1. The van der Waals surface area contributed by atoms with E-state index in [0.29, 0.717) is 11.1 Å². The number of nitrogens with zero attached hydrogens (tertiary/aromatic N) is 4. The van der Waals surface area contributed by atoms with Crippen LogP contribution in [0.5, 0.6) is 23.0 Å². The van der Waals surface area contributed by atoms with Crippen LogP contribution in [0.25, 0.3) is 11.1 Å². The summed E-state index contributed by atoms with van der Waals surface area (Å²) in [5, 5.41) is 22.1. The summed E-state index contributed by atoms with van der Waals surface area (Å²) in [7, 11) is 5.61. The summed E-state index contributed by atoms with van der Waals surface area (Å²) in [6.07, 6.45) is 0. The van der Waals surface area contributed by atoms with Crippen molar-refractivity contribution in [2.24, 2.45) is 20.5 Å². The van der Waals surface area contributed by atoms with Crippen LogP contribution in [-0.2, 0) is 19.2 Å². The number of hydrogen-bond donors (Lipinski definition) is 2. The van der Waals surface area contributed by atoms with Crippen LogP contribution in [0.1, 0.15) is 13.8 Å². The van der Waals surface area contributed by atoms with Gasteiger partial charge in [-0.2, -0.15) is 20.5 Å². The lowest BCUT2D eigenvalue weighted by Crippen LogP contribution is -2.32. The number of carbonyl (C=O) groups excluding carboxylic acids is 4. The Balaban J connectivity index is 1.50. The van der Waals surface area contributed by atoms with Crippen molar-refractivity contribution in [3.05, 3.63) is 80.8 Å². The second kappa shape index (κ2) is 18.7. The number of rotatable bonds is 15. The molecular formula is C36H32Cl4N6O8. The van der Waals surface area contributed by atoms with E-state index in [2.05, 4.69) is 31.1 Å². The van der Waals surface area contributed by atoms with Gasteiger partial charge in [-0.1, -0.05) is 58.5 Å². The average Bonchev–Trinajstić information content (AvgIpc) is 3.13. The van der Waals surface area contributed by atoms with Gasteiger partial charge in [0.15, 0.2) is 11.6 Å². The summed E-state index contributed by atoms with van der Waals surface area (Å²) >= 11 is 25.3. The number of nitrogens with one attached hydrogen (secondary N) is 2. The Morgan fingerprint density at radius 3 is 1.17 bits per heavy atom. The fraction of sp³-hybridized carbons (Fsp3) is 0.222. The van der Waals surface area contributed by atoms with Crippen LogP contribution < -0.4 is 29.6 Å². The van der Waals surface area contributed by atoms with Crippen molar-refractivity contribution in [3.63, 3.8) is 0 Å². The first kappa shape index (κ1) is 41.5. The summed E-state index contributed by atoms with van der Waals surface area (Å²) in [5.74, 6) is -1.66. The van der Waals surface area contributed by atoms with Crippen LogP contribution in [-0.4, -0.2) is 63.9 Å². The highest BCUT2D eigenvalue weighted by Crippen LogP contribution is 2.38. The van der Waals surface area contributed by atoms with E-state index in [0.717, 1.165) is 0 Å². The smallest absolute Gasteiger partial charge is 0.258 e. The molecule has 0 saturated carbocycles. The van der Waals surface area contributed by atoms with Crippen molar-refractivity contribution >= 4 is 92.5 Å². The minimum absolute atomic E-state index is 0.160. The molecule has 0 spiro atoms. The molecule has 0 heterocycles. The lowest BCUT2D eigenvalue weighted by molar-refractivity contribution is -0.127. The number of anilines is 2. The van der Waals surface area contributed by atoms with E-state index in [1.807, 2.05) is 0 Å². The molecule has 54 heavy (non-hydrogen) atoms. The molecule has 18 heteroatoms. The lowest BCUT2D eigenvalue weighted by atomic mass is 10.0.